The Hall–Kier alpha value is -2.60. The molecule has 0 aliphatic rings. The highest BCUT2D eigenvalue weighted by Crippen LogP contribution is 2.27. The van der Waals surface area contributed by atoms with Crippen molar-refractivity contribution in [1.29, 1.82) is 0 Å². The minimum absolute atomic E-state index is 0.104. The van der Waals surface area contributed by atoms with E-state index in [4.69, 9.17) is 9.47 Å². The van der Waals surface area contributed by atoms with E-state index in [0.29, 0.717) is 23.6 Å². The van der Waals surface area contributed by atoms with Gasteiger partial charge in [-0.25, -0.2) is 9.18 Å². The molecule has 0 saturated carbocycles. The van der Waals surface area contributed by atoms with Gasteiger partial charge >= 0.3 is 6.03 Å². The molecule has 2 aromatic rings. The zero-order valence-electron chi connectivity index (χ0n) is 14.6. The van der Waals surface area contributed by atoms with Crippen molar-refractivity contribution in [2.24, 2.45) is 0 Å². The third kappa shape index (κ3) is 4.70. The van der Waals surface area contributed by atoms with Gasteiger partial charge in [0.1, 0.15) is 17.2 Å². The first-order valence-corrected chi connectivity index (χ1v) is 8.07. The molecule has 1 atom stereocenters. The van der Waals surface area contributed by atoms with Crippen LogP contribution in [0.25, 0.3) is 0 Å². The number of hydrogen-bond donors (Lipinski definition) is 2. The number of carbonyl (C=O) groups is 1. The van der Waals surface area contributed by atoms with Crippen molar-refractivity contribution in [3.8, 4) is 5.75 Å². The summed E-state index contributed by atoms with van der Waals surface area (Å²) in [4.78, 5) is 12.2. The van der Waals surface area contributed by atoms with Crippen LogP contribution in [0.15, 0.2) is 48.5 Å². The van der Waals surface area contributed by atoms with Crippen molar-refractivity contribution in [3.63, 3.8) is 0 Å². The number of para-hydroxylation sites is 2. The fourth-order valence-corrected chi connectivity index (χ4v) is 2.43. The van der Waals surface area contributed by atoms with Gasteiger partial charge in [0.2, 0.25) is 0 Å². The second-order valence-electron chi connectivity index (χ2n) is 5.65. The average Bonchev–Trinajstić information content (AvgIpc) is 2.62. The summed E-state index contributed by atoms with van der Waals surface area (Å²) in [5.41, 5.74) is -0.0401. The maximum absolute atomic E-state index is 14.1. The van der Waals surface area contributed by atoms with Crippen LogP contribution in [-0.2, 0) is 10.3 Å². The molecule has 2 aromatic carbocycles. The number of amides is 2. The summed E-state index contributed by atoms with van der Waals surface area (Å²) in [7, 11) is 1.48. The first-order chi connectivity index (χ1) is 12.0. The molecule has 2 rings (SSSR count). The molecule has 134 valence electrons. The number of ether oxygens (including phenoxy) is 2. The van der Waals surface area contributed by atoms with Crippen LogP contribution in [0.3, 0.4) is 0 Å². The molecule has 0 saturated heterocycles. The van der Waals surface area contributed by atoms with Gasteiger partial charge in [-0.3, -0.25) is 0 Å². The Kier molecular flexibility index (Phi) is 6.36. The zero-order chi connectivity index (χ0) is 18.3. The van der Waals surface area contributed by atoms with Gasteiger partial charge in [-0.15, -0.1) is 0 Å². The third-order valence-electron chi connectivity index (χ3n) is 3.92. The molecule has 25 heavy (non-hydrogen) atoms. The molecule has 2 N–H and O–H groups in total. The van der Waals surface area contributed by atoms with Gasteiger partial charge in [-0.2, -0.15) is 0 Å². The van der Waals surface area contributed by atoms with Crippen molar-refractivity contribution in [2.75, 3.05) is 25.6 Å². The Morgan fingerprint density at radius 3 is 2.52 bits per heavy atom. The highest BCUT2D eigenvalue weighted by molar-refractivity contribution is 5.90. The first kappa shape index (κ1) is 18.7. The molecule has 2 amide bonds. The molecule has 0 radical (unpaired) electrons. The number of anilines is 1. The molecule has 6 heteroatoms. The minimum atomic E-state index is -0.984. The Morgan fingerprint density at radius 2 is 1.84 bits per heavy atom. The van der Waals surface area contributed by atoms with Gasteiger partial charge in [0, 0.05) is 12.7 Å². The number of urea groups is 1. The van der Waals surface area contributed by atoms with Gasteiger partial charge < -0.3 is 20.1 Å². The lowest BCUT2D eigenvalue weighted by Crippen LogP contribution is -2.42. The predicted molar refractivity (Wildman–Crippen MR) is 95.4 cm³/mol. The Balaban J connectivity index is 2.05. The van der Waals surface area contributed by atoms with E-state index in [1.165, 1.54) is 13.2 Å². The van der Waals surface area contributed by atoms with Crippen molar-refractivity contribution in [2.45, 2.75) is 19.4 Å². The fourth-order valence-electron chi connectivity index (χ4n) is 2.43. The van der Waals surface area contributed by atoms with Gasteiger partial charge in [0.15, 0.2) is 0 Å². The van der Waals surface area contributed by atoms with Crippen LogP contribution in [-0.4, -0.2) is 26.3 Å². The number of benzene rings is 2. The lowest BCUT2D eigenvalue weighted by atomic mass is 9.95. The van der Waals surface area contributed by atoms with Crippen molar-refractivity contribution < 1.29 is 18.7 Å². The second kappa shape index (κ2) is 8.48. The van der Waals surface area contributed by atoms with Crippen LogP contribution in [0.1, 0.15) is 19.4 Å². The Morgan fingerprint density at radius 1 is 1.16 bits per heavy atom. The molecule has 0 aromatic heterocycles. The van der Waals surface area contributed by atoms with Gasteiger partial charge in [0.25, 0.3) is 0 Å². The van der Waals surface area contributed by atoms with Crippen LogP contribution in [0.4, 0.5) is 14.9 Å². The van der Waals surface area contributed by atoms with E-state index >= 15 is 0 Å². The lowest BCUT2D eigenvalue weighted by Gasteiger charge is -2.29. The SMILES string of the molecule is CCOc1ccccc1NC(=O)NCC(C)(OC)c1ccccc1F. The highest BCUT2D eigenvalue weighted by atomic mass is 19.1. The summed E-state index contributed by atoms with van der Waals surface area (Å²) >= 11 is 0. The zero-order valence-corrected chi connectivity index (χ0v) is 14.6. The molecular formula is C19H23FN2O3. The van der Waals surface area contributed by atoms with Crippen LogP contribution in [0.2, 0.25) is 0 Å². The molecule has 0 spiro atoms. The number of carbonyl (C=O) groups excluding carboxylic acids is 1. The largest absolute Gasteiger partial charge is 0.492 e. The molecule has 0 aliphatic heterocycles. The average molecular weight is 346 g/mol. The summed E-state index contributed by atoms with van der Waals surface area (Å²) in [5.74, 6) is 0.208. The first-order valence-electron chi connectivity index (χ1n) is 8.07. The lowest BCUT2D eigenvalue weighted by molar-refractivity contribution is 0.00235. The van der Waals surface area contributed by atoms with E-state index in [9.17, 15) is 9.18 Å². The molecule has 0 bridgehead atoms. The third-order valence-corrected chi connectivity index (χ3v) is 3.92. The summed E-state index contributed by atoms with van der Waals surface area (Å²) in [6, 6.07) is 13.1. The summed E-state index contributed by atoms with van der Waals surface area (Å²) in [6.45, 7) is 4.19. The molecule has 0 aliphatic carbocycles. The van der Waals surface area contributed by atoms with E-state index in [2.05, 4.69) is 10.6 Å². The molecular weight excluding hydrogens is 323 g/mol. The van der Waals surface area contributed by atoms with Crippen molar-refractivity contribution in [1.82, 2.24) is 5.32 Å². The molecule has 0 fully saturated rings. The smallest absolute Gasteiger partial charge is 0.319 e. The number of methoxy groups -OCH3 is 1. The standard InChI is InChI=1S/C19H23FN2O3/c1-4-25-17-12-8-7-11-16(17)22-18(23)21-13-19(2,24-3)14-9-5-6-10-15(14)20/h5-12H,4,13H2,1-3H3,(H2,21,22,23). The van der Waals surface area contributed by atoms with Crippen LogP contribution < -0.4 is 15.4 Å². The van der Waals surface area contributed by atoms with Crippen LogP contribution in [0.5, 0.6) is 5.75 Å². The van der Waals surface area contributed by atoms with E-state index in [0.717, 1.165) is 0 Å². The minimum Gasteiger partial charge on any atom is -0.492 e. The Bertz CT molecular complexity index is 723. The fraction of sp³-hybridized carbons (Fsp3) is 0.316. The number of halogens is 1. The predicted octanol–water partition coefficient (Wildman–Crippen LogP) is 3.91. The number of hydrogen-bond acceptors (Lipinski definition) is 3. The maximum atomic E-state index is 14.1. The monoisotopic (exact) mass is 346 g/mol. The van der Waals surface area contributed by atoms with Crippen LogP contribution in [0, 0.1) is 5.82 Å². The summed E-state index contributed by atoms with van der Waals surface area (Å²) in [5, 5.41) is 5.45. The summed E-state index contributed by atoms with van der Waals surface area (Å²) < 4.78 is 25.0. The number of nitrogens with one attached hydrogen (secondary N) is 2. The highest BCUT2D eigenvalue weighted by Gasteiger charge is 2.29. The van der Waals surface area contributed by atoms with Crippen molar-refractivity contribution >= 4 is 11.7 Å². The molecule has 1 unspecified atom stereocenters. The van der Waals surface area contributed by atoms with Gasteiger partial charge in [-0.05, 0) is 32.0 Å². The van der Waals surface area contributed by atoms with Crippen LogP contribution >= 0.6 is 0 Å². The summed E-state index contributed by atoms with van der Waals surface area (Å²) in [6.07, 6.45) is 0. The van der Waals surface area contributed by atoms with E-state index in [1.54, 1.807) is 43.3 Å². The second-order valence-corrected chi connectivity index (χ2v) is 5.65. The molecule has 5 nitrogen and oxygen atoms in total. The maximum Gasteiger partial charge on any atom is 0.319 e. The van der Waals surface area contributed by atoms with E-state index in [1.807, 2.05) is 13.0 Å². The van der Waals surface area contributed by atoms with Crippen molar-refractivity contribution in [3.05, 3.63) is 59.9 Å². The van der Waals surface area contributed by atoms with E-state index in [-0.39, 0.29) is 12.4 Å². The van der Waals surface area contributed by atoms with Gasteiger partial charge in [0.05, 0.1) is 18.8 Å². The van der Waals surface area contributed by atoms with E-state index < -0.39 is 11.6 Å². The van der Waals surface area contributed by atoms with Gasteiger partial charge in [-0.1, -0.05) is 30.3 Å². The quantitative estimate of drug-likeness (QED) is 0.799. The topological polar surface area (TPSA) is 59.6 Å². The normalized spacial score (nSPS) is 13.0. The number of rotatable bonds is 7. The molecule has 0 heterocycles. The Labute approximate surface area is 147 Å².